The molecule has 1 aromatic carbocycles. The minimum atomic E-state index is -1.22. The maximum absolute atomic E-state index is 13.3. The van der Waals surface area contributed by atoms with Crippen molar-refractivity contribution < 1.29 is 9.60 Å². The molecule has 82 valence electrons. The number of amidine groups is 1. The molecule has 0 heterocycles. The second-order valence-electron chi connectivity index (χ2n) is 4.08. The van der Waals surface area contributed by atoms with Crippen LogP contribution >= 0.6 is 0 Å². The average Bonchev–Trinajstić information content (AvgIpc) is 2.15. The minimum absolute atomic E-state index is 0.0565. The van der Waals surface area contributed by atoms with Crippen LogP contribution in [-0.2, 0) is 6.42 Å². The topological polar surface area (TPSA) is 58.6 Å². The summed E-state index contributed by atoms with van der Waals surface area (Å²) in [7, 11) is 0. The second-order valence-corrected chi connectivity index (χ2v) is 4.08. The van der Waals surface area contributed by atoms with E-state index in [9.17, 15) is 4.39 Å². The summed E-state index contributed by atoms with van der Waals surface area (Å²) in [6.45, 7) is 3.06. The summed E-state index contributed by atoms with van der Waals surface area (Å²) in [6, 6.07) is 6.95. The zero-order valence-electron chi connectivity index (χ0n) is 8.87. The molecule has 0 bridgehead atoms. The van der Waals surface area contributed by atoms with E-state index in [1.54, 1.807) is 24.3 Å². The lowest BCUT2D eigenvalue weighted by molar-refractivity contribution is 0.217. The van der Waals surface area contributed by atoms with E-state index in [0.717, 1.165) is 5.56 Å². The molecule has 0 aliphatic carbocycles. The van der Waals surface area contributed by atoms with E-state index >= 15 is 0 Å². The van der Waals surface area contributed by atoms with Gasteiger partial charge in [-0.25, -0.2) is 4.39 Å². The highest BCUT2D eigenvalue weighted by molar-refractivity contribution is 5.96. The zero-order valence-corrected chi connectivity index (χ0v) is 8.87. The van der Waals surface area contributed by atoms with Crippen molar-refractivity contribution in [3.05, 3.63) is 35.4 Å². The molecule has 0 aliphatic heterocycles. The molecule has 0 saturated heterocycles. The van der Waals surface area contributed by atoms with Crippen LogP contribution in [0.3, 0.4) is 0 Å². The van der Waals surface area contributed by atoms with Crippen LogP contribution in [-0.4, -0.2) is 16.7 Å². The van der Waals surface area contributed by atoms with Gasteiger partial charge in [0.05, 0.1) is 0 Å². The molecule has 0 aliphatic rings. The van der Waals surface area contributed by atoms with E-state index in [0.29, 0.717) is 12.0 Å². The summed E-state index contributed by atoms with van der Waals surface area (Å²) in [5, 5.41) is 11.3. The lowest BCUT2D eigenvalue weighted by Crippen LogP contribution is -2.16. The molecule has 0 fully saturated rings. The first kappa shape index (κ1) is 11.5. The Labute approximate surface area is 88.4 Å². The van der Waals surface area contributed by atoms with Crippen LogP contribution in [0.25, 0.3) is 0 Å². The van der Waals surface area contributed by atoms with Crippen molar-refractivity contribution >= 4 is 5.84 Å². The van der Waals surface area contributed by atoms with Gasteiger partial charge in [0.1, 0.15) is 5.67 Å². The minimum Gasteiger partial charge on any atom is -0.409 e. The van der Waals surface area contributed by atoms with Gasteiger partial charge in [0.15, 0.2) is 5.84 Å². The van der Waals surface area contributed by atoms with Gasteiger partial charge in [-0.15, -0.1) is 0 Å². The van der Waals surface area contributed by atoms with Crippen LogP contribution in [0.5, 0.6) is 0 Å². The fourth-order valence-electron chi connectivity index (χ4n) is 1.34. The Morgan fingerprint density at radius 3 is 2.33 bits per heavy atom. The number of rotatable bonds is 3. The Bertz CT molecular complexity index is 352. The lowest BCUT2D eigenvalue weighted by atomic mass is 9.99. The normalized spacial score (nSPS) is 12.9. The average molecular weight is 210 g/mol. The van der Waals surface area contributed by atoms with E-state index in [2.05, 4.69) is 5.16 Å². The van der Waals surface area contributed by atoms with Gasteiger partial charge < -0.3 is 10.9 Å². The van der Waals surface area contributed by atoms with Crippen LogP contribution in [0.4, 0.5) is 4.39 Å². The SMILES string of the molecule is CC(C)(F)Cc1ccc(/C(N)=N/O)cc1. The second kappa shape index (κ2) is 4.29. The monoisotopic (exact) mass is 210 g/mol. The molecule has 0 saturated carbocycles. The van der Waals surface area contributed by atoms with Gasteiger partial charge in [-0.2, -0.15) is 0 Å². The highest BCUT2D eigenvalue weighted by Crippen LogP contribution is 2.16. The van der Waals surface area contributed by atoms with Crippen LogP contribution in [0, 0.1) is 0 Å². The Balaban J connectivity index is 2.82. The first-order chi connectivity index (χ1) is 6.92. The number of nitrogens with two attached hydrogens (primary N) is 1. The van der Waals surface area contributed by atoms with Gasteiger partial charge in [0, 0.05) is 12.0 Å². The fraction of sp³-hybridized carbons (Fsp3) is 0.364. The molecule has 0 atom stereocenters. The number of hydrogen-bond donors (Lipinski definition) is 2. The number of nitrogens with zero attached hydrogens (tertiary/aromatic N) is 1. The highest BCUT2D eigenvalue weighted by atomic mass is 19.1. The van der Waals surface area contributed by atoms with Gasteiger partial charge in [0.25, 0.3) is 0 Å². The molecule has 0 spiro atoms. The van der Waals surface area contributed by atoms with Crippen LogP contribution in [0.2, 0.25) is 0 Å². The molecule has 15 heavy (non-hydrogen) atoms. The quantitative estimate of drug-likeness (QED) is 0.347. The van der Waals surface area contributed by atoms with E-state index in [1.165, 1.54) is 13.8 Å². The predicted octanol–water partition coefficient (Wildman–Crippen LogP) is 2.07. The summed E-state index contributed by atoms with van der Waals surface area (Å²) in [6.07, 6.45) is 0.351. The van der Waals surface area contributed by atoms with Crippen LogP contribution in [0.15, 0.2) is 29.4 Å². The standard InChI is InChI=1S/C11H15FN2O/c1-11(2,12)7-8-3-5-9(6-4-8)10(13)14-15/h3-6,15H,7H2,1-2H3,(H2,13,14). The van der Waals surface area contributed by atoms with E-state index < -0.39 is 5.67 Å². The first-order valence-corrected chi connectivity index (χ1v) is 4.68. The van der Waals surface area contributed by atoms with Gasteiger partial charge in [-0.3, -0.25) is 0 Å². The first-order valence-electron chi connectivity index (χ1n) is 4.68. The van der Waals surface area contributed by atoms with E-state index in [-0.39, 0.29) is 5.84 Å². The predicted molar refractivity (Wildman–Crippen MR) is 57.8 cm³/mol. The Hall–Kier alpha value is -1.58. The van der Waals surface area contributed by atoms with Crippen molar-refractivity contribution in [1.29, 1.82) is 0 Å². The van der Waals surface area contributed by atoms with E-state index in [1.807, 2.05) is 0 Å². The number of halogens is 1. The number of alkyl halides is 1. The van der Waals surface area contributed by atoms with Crippen molar-refractivity contribution in [2.24, 2.45) is 10.9 Å². The molecule has 0 amide bonds. The fourth-order valence-corrected chi connectivity index (χ4v) is 1.34. The highest BCUT2D eigenvalue weighted by Gasteiger charge is 2.15. The van der Waals surface area contributed by atoms with Gasteiger partial charge in [-0.1, -0.05) is 29.4 Å². The summed E-state index contributed by atoms with van der Waals surface area (Å²) < 4.78 is 13.3. The molecule has 1 rings (SSSR count). The number of oxime groups is 1. The summed E-state index contributed by atoms with van der Waals surface area (Å²) in [5.74, 6) is 0.0565. The van der Waals surface area contributed by atoms with Crippen LogP contribution in [0.1, 0.15) is 25.0 Å². The zero-order chi connectivity index (χ0) is 11.5. The van der Waals surface area contributed by atoms with Crippen molar-refractivity contribution in [1.82, 2.24) is 0 Å². The Morgan fingerprint density at radius 1 is 1.40 bits per heavy atom. The third-order valence-corrected chi connectivity index (χ3v) is 1.98. The maximum atomic E-state index is 13.3. The van der Waals surface area contributed by atoms with Gasteiger partial charge in [0.2, 0.25) is 0 Å². The third kappa shape index (κ3) is 3.58. The number of benzene rings is 1. The molecular weight excluding hydrogens is 195 g/mol. The third-order valence-electron chi connectivity index (χ3n) is 1.98. The van der Waals surface area contributed by atoms with Gasteiger partial charge >= 0.3 is 0 Å². The maximum Gasteiger partial charge on any atom is 0.170 e. The van der Waals surface area contributed by atoms with Gasteiger partial charge in [-0.05, 0) is 19.4 Å². The molecule has 3 nitrogen and oxygen atoms in total. The van der Waals surface area contributed by atoms with E-state index in [4.69, 9.17) is 10.9 Å². The Kier molecular flexibility index (Phi) is 3.29. The lowest BCUT2D eigenvalue weighted by Gasteiger charge is -2.13. The summed E-state index contributed by atoms with van der Waals surface area (Å²) >= 11 is 0. The molecule has 0 aromatic heterocycles. The van der Waals surface area contributed by atoms with Crippen LogP contribution < -0.4 is 5.73 Å². The van der Waals surface area contributed by atoms with Crippen molar-refractivity contribution in [2.75, 3.05) is 0 Å². The molecular formula is C11H15FN2O. The Morgan fingerprint density at radius 2 is 1.93 bits per heavy atom. The number of hydrogen-bond acceptors (Lipinski definition) is 2. The van der Waals surface area contributed by atoms with Crippen molar-refractivity contribution in [2.45, 2.75) is 25.9 Å². The molecule has 1 aromatic rings. The summed E-state index contributed by atoms with van der Waals surface area (Å²) in [4.78, 5) is 0. The largest absolute Gasteiger partial charge is 0.409 e. The molecule has 3 N–H and O–H groups in total. The smallest absolute Gasteiger partial charge is 0.170 e. The van der Waals surface area contributed by atoms with Crippen molar-refractivity contribution in [3.63, 3.8) is 0 Å². The molecule has 0 radical (unpaired) electrons. The van der Waals surface area contributed by atoms with Crippen molar-refractivity contribution in [3.8, 4) is 0 Å². The molecule has 4 heteroatoms. The molecule has 0 unspecified atom stereocenters. The summed E-state index contributed by atoms with van der Waals surface area (Å²) in [5.41, 5.74) is 5.68.